The second-order valence-corrected chi connectivity index (χ2v) is 5.95. The molecule has 0 aromatic carbocycles. The van der Waals surface area contributed by atoms with Gasteiger partial charge in [-0.2, -0.15) is 24.5 Å². The van der Waals surface area contributed by atoms with E-state index >= 15 is 0 Å². The van der Waals surface area contributed by atoms with Crippen LogP contribution in [0.15, 0.2) is 16.8 Å². The lowest BCUT2D eigenvalue weighted by atomic mass is 9.86. The summed E-state index contributed by atoms with van der Waals surface area (Å²) >= 11 is 1.39. The zero-order chi connectivity index (χ0) is 15.8. The van der Waals surface area contributed by atoms with Gasteiger partial charge in [0, 0.05) is 13.1 Å². The minimum absolute atomic E-state index is 0.195. The first-order chi connectivity index (χ1) is 9.69. The van der Waals surface area contributed by atoms with Crippen LogP contribution in [0.4, 0.5) is 13.2 Å². The van der Waals surface area contributed by atoms with Crippen LogP contribution in [0, 0.1) is 5.41 Å². The number of carboxylic acid groups (broad SMARTS) is 1. The van der Waals surface area contributed by atoms with E-state index in [1.165, 1.54) is 11.3 Å². The maximum atomic E-state index is 13.1. The first kappa shape index (κ1) is 15.8. The number of likely N-dealkylation sites (tertiary alicyclic amines) is 1. The van der Waals surface area contributed by atoms with Crippen LogP contribution in [-0.2, 0) is 9.59 Å². The van der Waals surface area contributed by atoms with Crippen molar-refractivity contribution in [2.45, 2.75) is 25.4 Å². The van der Waals surface area contributed by atoms with Crippen molar-refractivity contribution in [3.63, 3.8) is 0 Å². The Kier molecular flexibility index (Phi) is 4.01. The third kappa shape index (κ3) is 2.64. The molecular formula is C13H14F3NO3S. The summed E-state index contributed by atoms with van der Waals surface area (Å²) in [5, 5.41) is 12.5. The van der Waals surface area contributed by atoms with Gasteiger partial charge < -0.3 is 10.0 Å². The summed E-state index contributed by atoms with van der Waals surface area (Å²) in [6, 6.07) is 1.73. The largest absolute Gasteiger partial charge is 0.481 e. The van der Waals surface area contributed by atoms with Gasteiger partial charge in [-0.05, 0) is 35.7 Å². The third-order valence-electron chi connectivity index (χ3n) is 3.95. The van der Waals surface area contributed by atoms with Crippen molar-refractivity contribution in [3.8, 4) is 0 Å². The number of alkyl halides is 3. The highest BCUT2D eigenvalue weighted by atomic mass is 32.1. The van der Waals surface area contributed by atoms with Crippen LogP contribution in [0.1, 0.15) is 24.8 Å². The van der Waals surface area contributed by atoms with Gasteiger partial charge in [-0.15, -0.1) is 0 Å². The summed E-state index contributed by atoms with van der Waals surface area (Å²) in [6.07, 6.45) is -5.48. The van der Waals surface area contributed by atoms with Crippen LogP contribution >= 0.6 is 11.3 Å². The van der Waals surface area contributed by atoms with Crippen molar-refractivity contribution in [1.82, 2.24) is 4.90 Å². The number of hydrogen-bond acceptors (Lipinski definition) is 3. The van der Waals surface area contributed by atoms with Gasteiger partial charge in [-0.3, -0.25) is 9.59 Å². The third-order valence-corrected chi connectivity index (χ3v) is 4.65. The van der Waals surface area contributed by atoms with E-state index in [1.807, 2.05) is 0 Å². The molecule has 1 fully saturated rings. The van der Waals surface area contributed by atoms with Crippen molar-refractivity contribution in [1.29, 1.82) is 0 Å². The number of amides is 1. The van der Waals surface area contributed by atoms with Gasteiger partial charge >= 0.3 is 12.1 Å². The Morgan fingerprint density at radius 2 is 2.14 bits per heavy atom. The van der Waals surface area contributed by atoms with Gasteiger partial charge in [0.05, 0.1) is 5.92 Å². The van der Waals surface area contributed by atoms with E-state index in [-0.39, 0.29) is 6.54 Å². The highest BCUT2D eigenvalue weighted by Crippen LogP contribution is 2.46. The molecule has 2 heterocycles. The minimum Gasteiger partial charge on any atom is -0.481 e. The fraction of sp³-hybridized carbons (Fsp3) is 0.538. The maximum Gasteiger partial charge on any atom is 0.406 e. The predicted molar refractivity (Wildman–Crippen MR) is 70.1 cm³/mol. The molecule has 1 saturated heterocycles. The summed E-state index contributed by atoms with van der Waals surface area (Å²) in [4.78, 5) is 24.3. The van der Waals surface area contributed by atoms with Gasteiger partial charge in [-0.25, -0.2) is 0 Å². The fourth-order valence-electron chi connectivity index (χ4n) is 2.46. The number of nitrogens with zero attached hydrogens (tertiary/aromatic N) is 1. The van der Waals surface area contributed by atoms with E-state index in [0.717, 1.165) is 10.5 Å². The first-order valence-electron chi connectivity index (χ1n) is 6.30. The van der Waals surface area contributed by atoms with E-state index < -0.39 is 42.4 Å². The van der Waals surface area contributed by atoms with E-state index in [0.29, 0.717) is 0 Å². The summed E-state index contributed by atoms with van der Waals surface area (Å²) in [5.41, 5.74) is -2.12. The lowest BCUT2D eigenvalue weighted by Crippen LogP contribution is -2.48. The standard InChI is InChI=1S/C13H14F3NO3S/c1-8(9-2-5-21-6-9)10(18)17-4-3-12(7-17,11(19)20)13(14,15)16/h2,5-6,8H,3-4,7H2,1H3,(H,19,20). The fourth-order valence-corrected chi connectivity index (χ4v) is 3.22. The van der Waals surface area contributed by atoms with Gasteiger partial charge in [0.25, 0.3) is 0 Å². The molecule has 0 spiro atoms. The van der Waals surface area contributed by atoms with E-state index in [2.05, 4.69) is 0 Å². The summed E-state index contributed by atoms with van der Waals surface area (Å²) in [7, 11) is 0. The SMILES string of the molecule is CC(C(=O)N1CCC(C(=O)O)(C(F)(F)F)C1)c1ccsc1. The number of thiophene rings is 1. The van der Waals surface area contributed by atoms with Gasteiger partial charge in [0.2, 0.25) is 5.91 Å². The number of halogens is 3. The molecule has 2 rings (SSSR count). The molecule has 0 bridgehead atoms. The average molecular weight is 321 g/mol. The number of carbonyl (C=O) groups is 2. The van der Waals surface area contributed by atoms with Crippen LogP contribution in [0.2, 0.25) is 0 Å². The molecule has 21 heavy (non-hydrogen) atoms. The van der Waals surface area contributed by atoms with Crippen LogP contribution < -0.4 is 0 Å². The number of hydrogen-bond donors (Lipinski definition) is 1. The van der Waals surface area contributed by atoms with Crippen molar-refractivity contribution in [2.24, 2.45) is 5.41 Å². The monoisotopic (exact) mass is 321 g/mol. The van der Waals surface area contributed by atoms with Crippen LogP contribution in [0.25, 0.3) is 0 Å². The molecule has 1 amide bonds. The number of aliphatic carboxylic acids is 1. The van der Waals surface area contributed by atoms with Crippen molar-refractivity contribution >= 4 is 23.2 Å². The highest BCUT2D eigenvalue weighted by molar-refractivity contribution is 7.08. The zero-order valence-corrected chi connectivity index (χ0v) is 12.0. The molecule has 1 aliphatic rings. The van der Waals surface area contributed by atoms with Gasteiger partial charge in [-0.1, -0.05) is 0 Å². The Hall–Kier alpha value is -1.57. The molecular weight excluding hydrogens is 307 g/mol. The Morgan fingerprint density at radius 1 is 1.48 bits per heavy atom. The molecule has 0 aliphatic carbocycles. The maximum absolute atomic E-state index is 13.1. The highest BCUT2D eigenvalue weighted by Gasteiger charge is 2.64. The van der Waals surface area contributed by atoms with Crippen molar-refractivity contribution in [2.75, 3.05) is 13.1 Å². The average Bonchev–Trinajstić information content (AvgIpc) is 3.05. The molecule has 1 aromatic heterocycles. The second-order valence-electron chi connectivity index (χ2n) is 5.17. The van der Waals surface area contributed by atoms with Gasteiger partial charge in [0.15, 0.2) is 5.41 Å². The Balaban J connectivity index is 2.18. The van der Waals surface area contributed by atoms with E-state index in [1.54, 1.807) is 23.8 Å². The van der Waals surface area contributed by atoms with Crippen LogP contribution in [0.3, 0.4) is 0 Å². The van der Waals surface area contributed by atoms with E-state index in [9.17, 15) is 22.8 Å². The van der Waals surface area contributed by atoms with E-state index in [4.69, 9.17) is 5.11 Å². The topological polar surface area (TPSA) is 57.6 Å². The second kappa shape index (κ2) is 5.32. The number of carbonyl (C=O) groups excluding carboxylic acids is 1. The number of rotatable bonds is 3. The smallest absolute Gasteiger partial charge is 0.406 e. The zero-order valence-electron chi connectivity index (χ0n) is 11.2. The molecule has 4 nitrogen and oxygen atoms in total. The molecule has 116 valence electrons. The summed E-state index contributed by atoms with van der Waals surface area (Å²) in [5.74, 6) is -2.97. The van der Waals surface area contributed by atoms with Crippen molar-refractivity contribution in [3.05, 3.63) is 22.4 Å². The first-order valence-corrected chi connectivity index (χ1v) is 7.24. The molecule has 8 heteroatoms. The number of carboxylic acids is 1. The molecule has 2 unspecified atom stereocenters. The van der Waals surface area contributed by atoms with Crippen molar-refractivity contribution < 1.29 is 27.9 Å². The molecule has 1 N–H and O–H groups in total. The van der Waals surface area contributed by atoms with Crippen LogP contribution in [0.5, 0.6) is 0 Å². The molecule has 0 saturated carbocycles. The molecule has 0 radical (unpaired) electrons. The van der Waals surface area contributed by atoms with Crippen LogP contribution in [-0.4, -0.2) is 41.1 Å². The Labute approximate surface area is 123 Å². The predicted octanol–water partition coefficient (Wildman–Crippen LogP) is 2.72. The molecule has 1 aromatic rings. The Bertz CT molecular complexity index is 543. The Morgan fingerprint density at radius 3 is 2.57 bits per heavy atom. The molecule has 2 atom stereocenters. The normalized spacial score (nSPS) is 24.1. The lowest BCUT2D eigenvalue weighted by Gasteiger charge is -2.28. The molecule has 1 aliphatic heterocycles. The lowest BCUT2D eigenvalue weighted by molar-refractivity contribution is -0.227. The summed E-state index contributed by atoms with van der Waals surface area (Å²) in [6.45, 7) is 0.594. The summed E-state index contributed by atoms with van der Waals surface area (Å²) < 4.78 is 39.2. The quantitative estimate of drug-likeness (QED) is 0.931. The minimum atomic E-state index is -4.88. The van der Waals surface area contributed by atoms with Gasteiger partial charge in [0.1, 0.15) is 0 Å².